The van der Waals surface area contributed by atoms with Gasteiger partial charge in [0, 0.05) is 6.54 Å². The average molecular weight is 363 g/mol. The maximum Gasteiger partial charge on any atom is 0.407 e. The molecule has 0 aromatic heterocycles. The Morgan fingerprint density at radius 1 is 1.23 bits per heavy atom. The molecule has 1 aliphatic carbocycles. The van der Waals surface area contributed by atoms with Crippen molar-refractivity contribution < 1.29 is 24.2 Å². The summed E-state index contributed by atoms with van der Waals surface area (Å²) in [6.07, 6.45) is 1.82. The Balaban J connectivity index is 1.63. The molecule has 0 radical (unpaired) electrons. The van der Waals surface area contributed by atoms with Crippen LogP contribution in [0.25, 0.3) is 0 Å². The first-order valence-electron chi connectivity index (χ1n) is 8.70. The summed E-state index contributed by atoms with van der Waals surface area (Å²) >= 11 is 0. The Hall–Kier alpha value is -2.61. The van der Waals surface area contributed by atoms with Crippen molar-refractivity contribution in [3.8, 4) is 0 Å². The number of nitrogens with one attached hydrogen (secondary N) is 2. The third-order valence-corrected chi connectivity index (χ3v) is 4.20. The zero-order chi connectivity index (χ0) is 18.9. The normalized spacial score (nSPS) is 15.6. The van der Waals surface area contributed by atoms with Gasteiger partial charge in [0.25, 0.3) is 0 Å². The SMILES string of the molecule is NC(C(=O)NC(CCCNC(=O)OCc1ccccc1)C(=O)O)C1CC1. The second-order valence-electron chi connectivity index (χ2n) is 6.39. The number of ether oxygens (including phenoxy) is 1. The summed E-state index contributed by atoms with van der Waals surface area (Å²) in [4.78, 5) is 34.8. The van der Waals surface area contributed by atoms with Crippen LogP contribution in [0.4, 0.5) is 4.79 Å². The van der Waals surface area contributed by atoms with Gasteiger partial charge in [0.05, 0.1) is 6.04 Å². The second kappa shape index (κ2) is 9.76. The van der Waals surface area contributed by atoms with Crippen LogP contribution in [0.15, 0.2) is 30.3 Å². The van der Waals surface area contributed by atoms with Crippen LogP contribution in [0.1, 0.15) is 31.2 Å². The number of amides is 2. The maximum absolute atomic E-state index is 11.9. The van der Waals surface area contributed by atoms with Gasteiger partial charge in [0.1, 0.15) is 12.6 Å². The minimum Gasteiger partial charge on any atom is -0.480 e. The summed E-state index contributed by atoms with van der Waals surface area (Å²) in [7, 11) is 0. The summed E-state index contributed by atoms with van der Waals surface area (Å²) in [6, 6.07) is 7.61. The zero-order valence-corrected chi connectivity index (χ0v) is 14.5. The first-order chi connectivity index (χ1) is 12.5. The lowest BCUT2D eigenvalue weighted by atomic mass is 10.1. The number of carbonyl (C=O) groups excluding carboxylic acids is 2. The van der Waals surface area contributed by atoms with Gasteiger partial charge >= 0.3 is 12.1 Å². The molecule has 1 aromatic carbocycles. The van der Waals surface area contributed by atoms with Crippen LogP contribution in [-0.4, -0.2) is 41.7 Å². The highest BCUT2D eigenvalue weighted by atomic mass is 16.5. The molecule has 8 heteroatoms. The van der Waals surface area contributed by atoms with Crippen LogP contribution in [0.2, 0.25) is 0 Å². The minimum atomic E-state index is -1.12. The molecule has 1 fully saturated rings. The predicted octanol–water partition coefficient (Wildman–Crippen LogP) is 1.000. The van der Waals surface area contributed by atoms with Crippen molar-refractivity contribution in [3.63, 3.8) is 0 Å². The third kappa shape index (κ3) is 6.72. The highest BCUT2D eigenvalue weighted by Gasteiger charge is 2.34. The molecule has 1 saturated carbocycles. The summed E-state index contributed by atoms with van der Waals surface area (Å²) in [5, 5.41) is 14.2. The number of benzene rings is 1. The van der Waals surface area contributed by atoms with Gasteiger partial charge in [-0.05, 0) is 37.2 Å². The van der Waals surface area contributed by atoms with E-state index in [1.54, 1.807) is 0 Å². The van der Waals surface area contributed by atoms with Crippen LogP contribution in [0.3, 0.4) is 0 Å². The topological polar surface area (TPSA) is 131 Å². The van der Waals surface area contributed by atoms with Crippen molar-refractivity contribution in [3.05, 3.63) is 35.9 Å². The van der Waals surface area contributed by atoms with Crippen molar-refractivity contribution in [1.82, 2.24) is 10.6 Å². The largest absolute Gasteiger partial charge is 0.480 e. The highest BCUT2D eigenvalue weighted by Crippen LogP contribution is 2.31. The molecule has 0 spiro atoms. The smallest absolute Gasteiger partial charge is 0.407 e. The van der Waals surface area contributed by atoms with Gasteiger partial charge < -0.3 is 26.2 Å². The first kappa shape index (κ1) is 19.7. The molecule has 5 N–H and O–H groups in total. The van der Waals surface area contributed by atoms with Gasteiger partial charge in [-0.15, -0.1) is 0 Å². The number of hydrogen-bond donors (Lipinski definition) is 4. The second-order valence-corrected chi connectivity index (χ2v) is 6.39. The van der Waals surface area contributed by atoms with Gasteiger partial charge in [-0.1, -0.05) is 30.3 Å². The number of carbonyl (C=O) groups is 3. The molecule has 0 bridgehead atoms. The Kier molecular flexibility index (Phi) is 7.40. The van der Waals surface area contributed by atoms with E-state index in [1.807, 2.05) is 30.3 Å². The monoisotopic (exact) mass is 363 g/mol. The summed E-state index contributed by atoms with van der Waals surface area (Å²) in [5.74, 6) is -1.39. The molecule has 2 unspecified atom stereocenters. The minimum absolute atomic E-state index is 0.158. The Morgan fingerprint density at radius 2 is 1.92 bits per heavy atom. The van der Waals surface area contributed by atoms with Crippen LogP contribution in [0, 0.1) is 5.92 Å². The van der Waals surface area contributed by atoms with Crippen LogP contribution in [-0.2, 0) is 20.9 Å². The number of aliphatic carboxylic acids is 1. The molecular formula is C18H25N3O5. The summed E-state index contributed by atoms with van der Waals surface area (Å²) in [6.45, 7) is 0.418. The van der Waals surface area contributed by atoms with Gasteiger partial charge in [-0.3, -0.25) is 4.79 Å². The summed E-state index contributed by atoms with van der Waals surface area (Å²) in [5.41, 5.74) is 6.65. The highest BCUT2D eigenvalue weighted by molar-refractivity contribution is 5.87. The fourth-order valence-corrected chi connectivity index (χ4v) is 2.47. The number of carboxylic acid groups (broad SMARTS) is 1. The zero-order valence-electron chi connectivity index (χ0n) is 14.5. The van der Waals surface area contributed by atoms with E-state index in [0.29, 0.717) is 6.42 Å². The van der Waals surface area contributed by atoms with Crippen LogP contribution in [0.5, 0.6) is 0 Å². The number of nitrogens with two attached hydrogens (primary N) is 1. The van der Waals surface area contributed by atoms with Crippen molar-refractivity contribution >= 4 is 18.0 Å². The van der Waals surface area contributed by atoms with E-state index in [2.05, 4.69) is 10.6 Å². The molecular weight excluding hydrogens is 338 g/mol. The predicted molar refractivity (Wildman–Crippen MR) is 94.1 cm³/mol. The fourth-order valence-electron chi connectivity index (χ4n) is 2.47. The molecule has 0 saturated heterocycles. The molecule has 26 heavy (non-hydrogen) atoms. The van der Waals surface area contributed by atoms with E-state index >= 15 is 0 Å². The Morgan fingerprint density at radius 3 is 2.54 bits per heavy atom. The lowest BCUT2D eigenvalue weighted by Crippen LogP contribution is -2.49. The Bertz CT molecular complexity index is 619. The lowest BCUT2D eigenvalue weighted by Gasteiger charge is -2.17. The fraction of sp³-hybridized carbons (Fsp3) is 0.500. The molecule has 2 rings (SSSR count). The Labute approximate surface area is 152 Å². The average Bonchev–Trinajstić information content (AvgIpc) is 3.47. The quantitative estimate of drug-likeness (QED) is 0.459. The van der Waals surface area contributed by atoms with E-state index in [1.165, 1.54) is 0 Å². The van der Waals surface area contributed by atoms with E-state index in [4.69, 9.17) is 10.5 Å². The number of hydrogen-bond acceptors (Lipinski definition) is 5. The van der Waals surface area contributed by atoms with Crippen molar-refractivity contribution in [2.24, 2.45) is 11.7 Å². The molecule has 0 aliphatic heterocycles. The number of rotatable bonds is 10. The van der Waals surface area contributed by atoms with E-state index < -0.39 is 30.1 Å². The molecule has 8 nitrogen and oxygen atoms in total. The molecule has 2 amide bonds. The van der Waals surface area contributed by atoms with Gasteiger partial charge in [-0.2, -0.15) is 0 Å². The standard InChI is InChI=1S/C18H25N3O5/c19-15(13-8-9-13)16(22)21-14(17(23)24)7-4-10-20-18(25)26-11-12-5-2-1-3-6-12/h1-3,5-6,13-15H,4,7-11,19H2,(H,20,25)(H,21,22)(H,23,24). The number of carboxylic acids is 1. The van der Waals surface area contributed by atoms with E-state index in [-0.39, 0.29) is 25.5 Å². The number of alkyl carbamates (subject to hydrolysis) is 1. The van der Waals surface area contributed by atoms with Gasteiger partial charge in [0.15, 0.2) is 0 Å². The molecule has 2 atom stereocenters. The van der Waals surface area contributed by atoms with Crippen LogP contribution >= 0.6 is 0 Å². The van der Waals surface area contributed by atoms with Crippen molar-refractivity contribution in [2.75, 3.05) is 6.54 Å². The third-order valence-electron chi connectivity index (χ3n) is 4.20. The lowest BCUT2D eigenvalue weighted by molar-refractivity contribution is -0.142. The van der Waals surface area contributed by atoms with Gasteiger partial charge in [-0.25, -0.2) is 9.59 Å². The summed E-state index contributed by atoms with van der Waals surface area (Å²) < 4.78 is 5.06. The van der Waals surface area contributed by atoms with E-state index in [9.17, 15) is 19.5 Å². The maximum atomic E-state index is 11.9. The van der Waals surface area contributed by atoms with Gasteiger partial charge in [0.2, 0.25) is 5.91 Å². The van der Waals surface area contributed by atoms with Crippen molar-refractivity contribution in [1.29, 1.82) is 0 Å². The first-order valence-corrected chi connectivity index (χ1v) is 8.70. The van der Waals surface area contributed by atoms with Crippen LogP contribution < -0.4 is 16.4 Å². The molecule has 0 heterocycles. The molecule has 1 aliphatic rings. The molecule has 1 aromatic rings. The van der Waals surface area contributed by atoms with Crippen molar-refractivity contribution in [2.45, 2.75) is 44.4 Å². The molecule has 142 valence electrons. The van der Waals surface area contributed by atoms with E-state index in [0.717, 1.165) is 18.4 Å².